The first-order chi connectivity index (χ1) is 16.4. The Bertz CT molecular complexity index is 1360. The largest absolute Gasteiger partial charge is 0.495 e. The number of imide groups is 1. The molecule has 2 amide bonds. The molecule has 7 nitrogen and oxygen atoms in total. The molecule has 5 rings (SSSR count). The molecule has 0 spiro atoms. The molecule has 1 heterocycles. The minimum atomic E-state index is -3.95. The van der Waals surface area contributed by atoms with Gasteiger partial charge in [0.15, 0.2) is 0 Å². The van der Waals surface area contributed by atoms with Gasteiger partial charge in [-0.05, 0) is 60.2 Å². The SMILES string of the molecule is COc1ccc(CN2C(=O)c3ccccc3C2=O)cc1S(=O)(=O)NC1CCCc2ccccc21. The summed E-state index contributed by atoms with van der Waals surface area (Å²) in [4.78, 5) is 26.6. The van der Waals surface area contributed by atoms with Gasteiger partial charge in [0.1, 0.15) is 10.6 Å². The number of fused-ring (bicyclic) bond motifs is 2. The maximum atomic E-state index is 13.4. The van der Waals surface area contributed by atoms with Gasteiger partial charge in [-0.2, -0.15) is 0 Å². The van der Waals surface area contributed by atoms with Crippen LogP contribution in [0, 0.1) is 0 Å². The number of benzene rings is 3. The zero-order valence-electron chi connectivity index (χ0n) is 18.7. The molecule has 3 aromatic rings. The number of carbonyl (C=O) groups is 2. The Balaban J connectivity index is 1.44. The number of ether oxygens (including phenoxy) is 1. The van der Waals surface area contributed by atoms with Crippen LogP contribution in [-0.4, -0.2) is 32.2 Å². The van der Waals surface area contributed by atoms with Crippen LogP contribution in [0.3, 0.4) is 0 Å². The lowest BCUT2D eigenvalue weighted by molar-refractivity contribution is 0.0642. The molecule has 0 aromatic heterocycles. The number of methoxy groups -OCH3 is 1. The number of carbonyl (C=O) groups excluding carboxylic acids is 2. The van der Waals surface area contributed by atoms with Gasteiger partial charge in [0.2, 0.25) is 10.0 Å². The Hall–Kier alpha value is -3.49. The van der Waals surface area contributed by atoms with Crippen LogP contribution in [0.1, 0.15) is 56.3 Å². The van der Waals surface area contributed by atoms with Gasteiger partial charge in [-0.15, -0.1) is 0 Å². The molecule has 174 valence electrons. The highest BCUT2D eigenvalue weighted by molar-refractivity contribution is 7.89. The lowest BCUT2D eigenvalue weighted by Crippen LogP contribution is -2.32. The Morgan fingerprint density at radius 3 is 2.35 bits per heavy atom. The van der Waals surface area contributed by atoms with Crippen molar-refractivity contribution in [1.82, 2.24) is 9.62 Å². The highest BCUT2D eigenvalue weighted by Crippen LogP contribution is 2.33. The van der Waals surface area contributed by atoms with Crippen molar-refractivity contribution in [2.45, 2.75) is 36.7 Å². The summed E-state index contributed by atoms with van der Waals surface area (Å²) in [7, 11) is -2.53. The van der Waals surface area contributed by atoms with Gasteiger partial charge in [-0.3, -0.25) is 14.5 Å². The molecule has 0 bridgehead atoms. The van der Waals surface area contributed by atoms with Crippen molar-refractivity contribution >= 4 is 21.8 Å². The third-order valence-electron chi connectivity index (χ3n) is 6.40. The van der Waals surface area contributed by atoms with E-state index in [-0.39, 0.29) is 23.2 Å². The quantitative estimate of drug-likeness (QED) is 0.546. The second-order valence-electron chi connectivity index (χ2n) is 8.49. The molecular weight excluding hydrogens is 452 g/mol. The monoisotopic (exact) mass is 476 g/mol. The number of nitrogens with zero attached hydrogens (tertiary/aromatic N) is 1. The summed E-state index contributed by atoms with van der Waals surface area (Å²) in [6, 6.07) is 18.9. The van der Waals surface area contributed by atoms with Gasteiger partial charge in [0, 0.05) is 6.04 Å². The van der Waals surface area contributed by atoms with Crippen LogP contribution in [0.5, 0.6) is 5.75 Å². The minimum absolute atomic E-state index is 0.0211. The van der Waals surface area contributed by atoms with Crippen LogP contribution in [0.4, 0.5) is 0 Å². The zero-order valence-corrected chi connectivity index (χ0v) is 19.5. The first-order valence-corrected chi connectivity index (χ1v) is 12.6. The van der Waals surface area contributed by atoms with E-state index in [1.807, 2.05) is 24.3 Å². The molecule has 3 aromatic carbocycles. The van der Waals surface area contributed by atoms with E-state index in [9.17, 15) is 18.0 Å². The fourth-order valence-electron chi connectivity index (χ4n) is 4.72. The van der Waals surface area contributed by atoms with Crippen LogP contribution >= 0.6 is 0 Å². The Kier molecular flexibility index (Phi) is 5.71. The van der Waals surface area contributed by atoms with E-state index in [1.54, 1.807) is 36.4 Å². The lowest BCUT2D eigenvalue weighted by Gasteiger charge is -2.26. The fourth-order valence-corrected chi connectivity index (χ4v) is 6.19. The molecule has 1 N–H and O–H groups in total. The molecule has 1 aliphatic heterocycles. The van der Waals surface area contributed by atoms with E-state index in [1.165, 1.54) is 13.2 Å². The van der Waals surface area contributed by atoms with Gasteiger partial charge in [0.05, 0.1) is 24.8 Å². The van der Waals surface area contributed by atoms with Crippen molar-refractivity contribution in [3.8, 4) is 5.75 Å². The fraction of sp³-hybridized carbons (Fsp3) is 0.231. The molecular formula is C26H24N2O5S. The average Bonchev–Trinajstić information content (AvgIpc) is 3.09. The normalized spacial score (nSPS) is 17.4. The second kappa shape index (κ2) is 8.70. The van der Waals surface area contributed by atoms with E-state index in [0.717, 1.165) is 28.9 Å². The van der Waals surface area contributed by atoms with Crippen LogP contribution in [-0.2, 0) is 23.0 Å². The van der Waals surface area contributed by atoms with Gasteiger partial charge in [-0.1, -0.05) is 42.5 Å². The first-order valence-electron chi connectivity index (χ1n) is 11.1. The van der Waals surface area contributed by atoms with E-state index in [0.29, 0.717) is 23.1 Å². The van der Waals surface area contributed by atoms with Crippen LogP contribution in [0.2, 0.25) is 0 Å². The molecule has 0 radical (unpaired) electrons. The van der Waals surface area contributed by atoms with Crippen molar-refractivity contribution < 1.29 is 22.7 Å². The molecule has 2 aliphatic rings. The van der Waals surface area contributed by atoms with E-state index in [2.05, 4.69) is 4.72 Å². The van der Waals surface area contributed by atoms with Gasteiger partial charge >= 0.3 is 0 Å². The summed E-state index contributed by atoms with van der Waals surface area (Å²) in [5.74, 6) is -0.585. The summed E-state index contributed by atoms with van der Waals surface area (Å²) in [5.41, 5.74) is 3.35. The van der Waals surface area contributed by atoms with Crippen LogP contribution < -0.4 is 9.46 Å². The van der Waals surface area contributed by atoms with Crippen molar-refractivity contribution in [2.24, 2.45) is 0 Å². The van der Waals surface area contributed by atoms with Gasteiger partial charge in [-0.25, -0.2) is 13.1 Å². The van der Waals surface area contributed by atoms with Crippen molar-refractivity contribution in [3.63, 3.8) is 0 Å². The molecule has 34 heavy (non-hydrogen) atoms. The number of nitrogens with one attached hydrogen (secondary N) is 1. The Morgan fingerprint density at radius 2 is 1.65 bits per heavy atom. The molecule has 1 atom stereocenters. The summed E-state index contributed by atoms with van der Waals surface area (Å²) in [6.45, 7) is -0.0366. The van der Waals surface area contributed by atoms with Crippen molar-refractivity contribution in [1.29, 1.82) is 0 Å². The number of rotatable bonds is 6. The highest BCUT2D eigenvalue weighted by atomic mass is 32.2. The van der Waals surface area contributed by atoms with Gasteiger partial charge < -0.3 is 4.74 Å². The number of amides is 2. The third-order valence-corrected chi connectivity index (χ3v) is 7.90. The van der Waals surface area contributed by atoms with Crippen LogP contribution in [0.25, 0.3) is 0 Å². The summed E-state index contributed by atoms with van der Waals surface area (Å²) >= 11 is 0. The zero-order chi connectivity index (χ0) is 23.9. The van der Waals surface area contributed by atoms with E-state index in [4.69, 9.17) is 4.74 Å². The number of aryl methyl sites for hydroxylation is 1. The number of sulfonamides is 1. The Labute approximate surface area is 198 Å². The number of hydrogen-bond acceptors (Lipinski definition) is 5. The van der Waals surface area contributed by atoms with Crippen LogP contribution in [0.15, 0.2) is 71.6 Å². The third kappa shape index (κ3) is 3.89. The number of hydrogen-bond donors (Lipinski definition) is 1. The van der Waals surface area contributed by atoms with E-state index >= 15 is 0 Å². The molecule has 1 aliphatic carbocycles. The molecule has 1 unspecified atom stereocenters. The first kappa shape index (κ1) is 22.3. The topological polar surface area (TPSA) is 92.8 Å². The van der Waals surface area contributed by atoms with Crippen molar-refractivity contribution in [2.75, 3.05) is 7.11 Å². The minimum Gasteiger partial charge on any atom is -0.495 e. The maximum absolute atomic E-state index is 13.4. The smallest absolute Gasteiger partial charge is 0.261 e. The molecule has 8 heteroatoms. The summed E-state index contributed by atoms with van der Waals surface area (Å²) in [6.07, 6.45) is 2.52. The molecule has 0 fully saturated rings. The maximum Gasteiger partial charge on any atom is 0.261 e. The summed E-state index contributed by atoms with van der Waals surface area (Å²) in [5, 5.41) is 0. The standard InChI is InChI=1S/C26H24N2O5S/c1-33-23-14-13-17(16-28-25(29)20-10-4-5-11-21(20)26(28)30)15-24(23)34(31,32)27-22-12-6-8-18-7-2-3-9-19(18)22/h2-5,7,9-11,13-15,22,27H,6,8,12,16H2,1H3. The predicted octanol–water partition coefficient (Wildman–Crippen LogP) is 3.85. The molecule has 0 saturated heterocycles. The highest BCUT2D eigenvalue weighted by Gasteiger charge is 2.35. The van der Waals surface area contributed by atoms with E-state index < -0.39 is 21.8 Å². The molecule has 0 saturated carbocycles. The van der Waals surface area contributed by atoms with Gasteiger partial charge in [0.25, 0.3) is 11.8 Å². The lowest BCUT2D eigenvalue weighted by atomic mass is 9.88. The van der Waals surface area contributed by atoms with Crippen molar-refractivity contribution in [3.05, 3.63) is 94.5 Å². The average molecular weight is 477 g/mol. The predicted molar refractivity (Wildman–Crippen MR) is 126 cm³/mol. The summed E-state index contributed by atoms with van der Waals surface area (Å²) < 4.78 is 35.1. The second-order valence-corrected chi connectivity index (χ2v) is 10.2. The Morgan fingerprint density at radius 1 is 0.971 bits per heavy atom.